The molecule has 0 aromatic carbocycles. The zero-order valence-corrected chi connectivity index (χ0v) is 52.0. The van der Waals surface area contributed by atoms with E-state index in [0.29, 0.717) is 25.9 Å². The van der Waals surface area contributed by atoms with Crippen molar-refractivity contribution in [2.45, 2.75) is 424 Å². The molecule has 0 aliphatic rings. The van der Waals surface area contributed by atoms with E-state index in [0.717, 1.165) is 38.5 Å². The van der Waals surface area contributed by atoms with Crippen molar-refractivity contribution in [3.8, 4) is 0 Å². The minimum absolute atomic E-state index is 0.0163. The molecule has 0 heterocycles. The summed E-state index contributed by atoms with van der Waals surface area (Å²) in [5.74, 6) is -0.0148. The van der Waals surface area contributed by atoms with Crippen molar-refractivity contribution >= 4 is 11.9 Å². The highest BCUT2D eigenvalue weighted by atomic mass is 16.5. The molecule has 0 aromatic rings. The maximum absolute atomic E-state index is 12.5. The van der Waals surface area contributed by atoms with Crippen LogP contribution in [0, 0.1) is 0 Å². The summed E-state index contributed by atoms with van der Waals surface area (Å²) in [5, 5.41) is 23.4. The van der Waals surface area contributed by atoms with Gasteiger partial charge in [0.1, 0.15) is 0 Å². The first-order chi connectivity index (χ1) is 37.5. The summed E-state index contributed by atoms with van der Waals surface area (Å²) in [7, 11) is 0. The maximum Gasteiger partial charge on any atom is 0.305 e. The lowest BCUT2D eigenvalue weighted by molar-refractivity contribution is -0.143. The van der Waals surface area contributed by atoms with Crippen LogP contribution in [0.4, 0.5) is 0 Å². The normalized spacial score (nSPS) is 12.4. The second-order valence-electron chi connectivity index (χ2n) is 24.6. The summed E-state index contributed by atoms with van der Waals surface area (Å²) >= 11 is 0. The van der Waals surface area contributed by atoms with Crippen molar-refractivity contribution in [2.24, 2.45) is 0 Å². The van der Waals surface area contributed by atoms with Gasteiger partial charge in [-0.05, 0) is 25.7 Å². The molecule has 6 nitrogen and oxygen atoms in total. The average molecular weight is 1070 g/mol. The molecule has 0 bridgehead atoms. The van der Waals surface area contributed by atoms with E-state index < -0.39 is 12.1 Å². The van der Waals surface area contributed by atoms with E-state index in [1.165, 1.54) is 340 Å². The van der Waals surface area contributed by atoms with Crippen LogP contribution in [0.2, 0.25) is 0 Å². The first kappa shape index (κ1) is 74.9. The first-order valence-corrected chi connectivity index (χ1v) is 35.3. The number of hydrogen-bond acceptors (Lipinski definition) is 5. The molecule has 1 amide bonds. The Labute approximate surface area is 476 Å². The molecule has 0 saturated carbocycles. The molecular formula is C70H139NO5. The quantitative estimate of drug-likeness (QED) is 0.0417. The van der Waals surface area contributed by atoms with Gasteiger partial charge in [0, 0.05) is 12.8 Å². The Morgan fingerprint density at radius 1 is 0.316 bits per heavy atom. The van der Waals surface area contributed by atoms with Gasteiger partial charge >= 0.3 is 5.97 Å². The molecule has 0 fully saturated rings. The molecule has 454 valence electrons. The van der Waals surface area contributed by atoms with Crippen LogP contribution in [0.5, 0.6) is 0 Å². The summed E-state index contributed by atoms with van der Waals surface area (Å²) < 4.78 is 5.51. The lowest BCUT2D eigenvalue weighted by Crippen LogP contribution is -2.45. The summed E-state index contributed by atoms with van der Waals surface area (Å²) in [4.78, 5) is 24.7. The van der Waals surface area contributed by atoms with Gasteiger partial charge in [0.25, 0.3) is 0 Å². The number of ether oxygens (including phenoxy) is 1. The lowest BCUT2D eigenvalue weighted by Gasteiger charge is -2.22. The van der Waals surface area contributed by atoms with Crippen molar-refractivity contribution in [1.82, 2.24) is 5.32 Å². The molecular weight excluding hydrogens is 935 g/mol. The van der Waals surface area contributed by atoms with E-state index in [2.05, 4.69) is 19.2 Å². The van der Waals surface area contributed by atoms with Crippen LogP contribution >= 0.6 is 0 Å². The monoisotopic (exact) mass is 1070 g/mol. The minimum atomic E-state index is -0.666. The summed E-state index contributed by atoms with van der Waals surface area (Å²) in [6, 6.07) is -0.543. The van der Waals surface area contributed by atoms with Crippen LogP contribution < -0.4 is 5.32 Å². The number of rotatable bonds is 67. The molecule has 0 radical (unpaired) electrons. The third-order valence-electron chi connectivity index (χ3n) is 16.9. The molecule has 0 aliphatic heterocycles. The number of carbonyl (C=O) groups excluding carboxylic acids is 2. The van der Waals surface area contributed by atoms with Crippen LogP contribution in [0.3, 0.4) is 0 Å². The fraction of sp³-hybridized carbons (Fsp3) is 0.971. The number of nitrogens with one attached hydrogen (secondary N) is 1. The summed E-state index contributed by atoms with van der Waals surface area (Å²) in [6.45, 7) is 5.00. The van der Waals surface area contributed by atoms with Gasteiger partial charge in [-0.2, -0.15) is 0 Å². The number of aliphatic hydroxyl groups excluding tert-OH is 2. The summed E-state index contributed by atoms with van der Waals surface area (Å²) in [6.07, 6.45) is 80.0. The second kappa shape index (κ2) is 66.4. The van der Waals surface area contributed by atoms with E-state index in [9.17, 15) is 19.8 Å². The van der Waals surface area contributed by atoms with Gasteiger partial charge in [-0.25, -0.2) is 0 Å². The van der Waals surface area contributed by atoms with Crippen molar-refractivity contribution in [3.63, 3.8) is 0 Å². The van der Waals surface area contributed by atoms with E-state index in [4.69, 9.17) is 4.74 Å². The molecule has 76 heavy (non-hydrogen) atoms. The molecule has 6 heteroatoms. The van der Waals surface area contributed by atoms with Crippen molar-refractivity contribution < 1.29 is 24.5 Å². The third-order valence-corrected chi connectivity index (χ3v) is 16.9. The standard InChI is InChI=1S/C70H139NO5/c1-3-5-7-9-11-13-15-17-19-21-22-23-24-27-31-34-38-42-46-50-54-58-62-68(73)67(66-72)71-69(74)63-59-55-51-47-43-39-35-32-28-25-26-29-33-37-41-45-49-53-57-61-65-76-70(75)64-60-56-52-48-44-40-36-30-20-18-16-14-12-10-8-6-4-2/h67-68,72-73H,3-66H2,1-2H3,(H,71,74). The third kappa shape index (κ3) is 62.1. The SMILES string of the molecule is CCCCCCCCCCCCCCCCCCCCCCCCC(O)C(CO)NC(=O)CCCCCCCCCCCCCCCCCCCCCCOC(=O)CCCCCCCCCCCCCCCCCCC. The largest absolute Gasteiger partial charge is 0.466 e. The van der Waals surface area contributed by atoms with E-state index in [1.807, 2.05) is 0 Å². The Hall–Kier alpha value is -1.14. The molecule has 2 atom stereocenters. The Kier molecular flexibility index (Phi) is 65.4. The predicted molar refractivity (Wildman–Crippen MR) is 334 cm³/mol. The lowest BCUT2D eigenvalue weighted by atomic mass is 10.0. The Morgan fingerprint density at radius 3 is 0.803 bits per heavy atom. The van der Waals surface area contributed by atoms with E-state index in [1.54, 1.807) is 0 Å². The number of carbonyl (C=O) groups is 2. The second-order valence-corrected chi connectivity index (χ2v) is 24.6. The van der Waals surface area contributed by atoms with Gasteiger partial charge in [-0.15, -0.1) is 0 Å². The molecule has 0 saturated heterocycles. The zero-order chi connectivity index (χ0) is 55.0. The fourth-order valence-corrected chi connectivity index (χ4v) is 11.5. The Morgan fingerprint density at radius 2 is 0.539 bits per heavy atom. The van der Waals surface area contributed by atoms with Gasteiger partial charge in [-0.3, -0.25) is 9.59 Å². The molecule has 2 unspecified atom stereocenters. The van der Waals surface area contributed by atoms with Crippen molar-refractivity contribution in [1.29, 1.82) is 0 Å². The van der Waals surface area contributed by atoms with Gasteiger partial charge < -0.3 is 20.3 Å². The summed E-state index contributed by atoms with van der Waals surface area (Å²) in [5.41, 5.74) is 0. The van der Waals surface area contributed by atoms with Crippen molar-refractivity contribution in [2.75, 3.05) is 13.2 Å². The van der Waals surface area contributed by atoms with Gasteiger partial charge in [0.05, 0.1) is 25.4 Å². The van der Waals surface area contributed by atoms with Crippen LogP contribution in [0.1, 0.15) is 412 Å². The molecule has 0 aliphatic carbocycles. The van der Waals surface area contributed by atoms with Gasteiger partial charge in [0.15, 0.2) is 0 Å². The van der Waals surface area contributed by atoms with Crippen molar-refractivity contribution in [3.05, 3.63) is 0 Å². The Balaban J connectivity index is 3.37. The fourth-order valence-electron chi connectivity index (χ4n) is 11.5. The van der Waals surface area contributed by atoms with E-state index in [-0.39, 0.29) is 18.5 Å². The minimum Gasteiger partial charge on any atom is -0.466 e. The zero-order valence-electron chi connectivity index (χ0n) is 52.0. The van der Waals surface area contributed by atoms with Crippen LogP contribution in [-0.4, -0.2) is 47.4 Å². The number of hydrogen-bond donors (Lipinski definition) is 3. The van der Waals surface area contributed by atoms with E-state index >= 15 is 0 Å². The topological polar surface area (TPSA) is 95.9 Å². The highest BCUT2D eigenvalue weighted by Gasteiger charge is 2.20. The van der Waals surface area contributed by atoms with Crippen LogP contribution in [-0.2, 0) is 14.3 Å². The van der Waals surface area contributed by atoms with Crippen LogP contribution in [0.15, 0.2) is 0 Å². The Bertz CT molecular complexity index is 1100. The number of esters is 1. The maximum atomic E-state index is 12.5. The highest BCUT2D eigenvalue weighted by molar-refractivity contribution is 5.76. The molecule has 0 rings (SSSR count). The predicted octanol–water partition coefficient (Wildman–Crippen LogP) is 22.6. The van der Waals surface area contributed by atoms with Gasteiger partial charge in [-0.1, -0.05) is 373 Å². The smallest absolute Gasteiger partial charge is 0.305 e. The number of aliphatic hydroxyl groups is 2. The number of unbranched alkanes of at least 4 members (excludes halogenated alkanes) is 56. The molecule has 0 aromatic heterocycles. The molecule has 3 N–H and O–H groups in total. The number of amides is 1. The molecule has 0 spiro atoms. The first-order valence-electron chi connectivity index (χ1n) is 35.3. The van der Waals surface area contributed by atoms with Gasteiger partial charge in [0.2, 0.25) is 5.91 Å². The highest BCUT2D eigenvalue weighted by Crippen LogP contribution is 2.20. The van der Waals surface area contributed by atoms with Crippen LogP contribution in [0.25, 0.3) is 0 Å². The average Bonchev–Trinajstić information content (AvgIpc) is 3.42.